The van der Waals surface area contributed by atoms with E-state index in [0.29, 0.717) is 61.4 Å². The zero-order chi connectivity index (χ0) is 29.0. The molecular weight excluding hydrogens is 540 g/mol. The van der Waals surface area contributed by atoms with Crippen molar-refractivity contribution in [2.45, 2.75) is 38.9 Å². The van der Waals surface area contributed by atoms with E-state index in [0.717, 1.165) is 10.3 Å². The van der Waals surface area contributed by atoms with Crippen LogP contribution in [-0.4, -0.2) is 58.7 Å². The van der Waals surface area contributed by atoms with Crippen molar-refractivity contribution >= 4 is 45.5 Å². The van der Waals surface area contributed by atoms with Gasteiger partial charge in [-0.1, -0.05) is 13.3 Å². The summed E-state index contributed by atoms with van der Waals surface area (Å²) in [5.41, 5.74) is 3.82. The number of hydrogen-bond donors (Lipinski definition) is 4. The number of carbonyl (C=O) groups excluding carboxylic acids is 1. The number of anilines is 1. The Morgan fingerprint density at radius 2 is 2.15 bits per heavy atom. The van der Waals surface area contributed by atoms with Crippen LogP contribution in [0.2, 0.25) is 0 Å². The summed E-state index contributed by atoms with van der Waals surface area (Å²) in [7, 11) is 0. The molecule has 212 valence electrons. The molecule has 12 heteroatoms. The Balaban J connectivity index is 1.73. The highest BCUT2D eigenvalue weighted by molar-refractivity contribution is 7.17. The Kier molecular flexibility index (Phi) is 8.01. The van der Waals surface area contributed by atoms with Crippen molar-refractivity contribution in [2.24, 2.45) is 16.3 Å². The smallest absolute Gasteiger partial charge is 0.318 e. The van der Waals surface area contributed by atoms with E-state index in [1.807, 2.05) is 37.1 Å². The average Bonchev–Trinajstić information content (AvgIpc) is 3.46. The summed E-state index contributed by atoms with van der Waals surface area (Å²) in [6.45, 7) is 5.06. The number of carboxylic acids is 1. The molecule has 1 saturated heterocycles. The topological polar surface area (TPSA) is 156 Å². The van der Waals surface area contributed by atoms with Crippen LogP contribution >= 0.6 is 11.3 Å². The van der Waals surface area contributed by atoms with Gasteiger partial charge in [0.15, 0.2) is 0 Å². The fraction of sp³-hybridized carbons (Fsp3) is 0.379. The normalized spacial score (nSPS) is 23.7. The van der Waals surface area contributed by atoms with Gasteiger partial charge in [0.2, 0.25) is 5.79 Å². The number of urea groups is 1. The highest BCUT2D eigenvalue weighted by Gasteiger charge is 2.59. The largest absolute Gasteiger partial charge is 0.481 e. The van der Waals surface area contributed by atoms with Crippen molar-refractivity contribution in [3.63, 3.8) is 0 Å². The van der Waals surface area contributed by atoms with E-state index < -0.39 is 29.1 Å². The molecular formula is C29H32N8O3S. The number of amides is 2. The summed E-state index contributed by atoms with van der Waals surface area (Å²) in [5.74, 6) is -3.02. The lowest BCUT2D eigenvalue weighted by Crippen LogP contribution is -2.71. The number of hydrogen-bond acceptors (Lipinski definition) is 9. The third-order valence-corrected chi connectivity index (χ3v) is 8.70. The molecule has 3 atom stereocenters. The van der Waals surface area contributed by atoms with Crippen LogP contribution in [0.3, 0.4) is 0 Å². The molecule has 11 nitrogen and oxygen atoms in total. The Bertz CT molecular complexity index is 1560. The van der Waals surface area contributed by atoms with Gasteiger partial charge in [-0.3, -0.25) is 15.1 Å². The number of aromatic nitrogens is 2. The molecule has 0 radical (unpaired) electrons. The predicted molar refractivity (Wildman–Crippen MR) is 159 cm³/mol. The summed E-state index contributed by atoms with van der Waals surface area (Å²) in [6, 6.07) is 8.93. The van der Waals surface area contributed by atoms with Gasteiger partial charge in [0.25, 0.3) is 0 Å². The number of piperidine rings is 1. The first-order valence-electron chi connectivity index (χ1n) is 13.6. The maximum absolute atomic E-state index is 13.2. The molecule has 0 saturated carbocycles. The van der Waals surface area contributed by atoms with Gasteiger partial charge in [0.05, 0.1) is 44.4 Å². The molecule has 0 spiro atoms. The summed E-state index contributed by atoms with van der Waals surface area (Å²) in [4.78, 5) is 42.1. The van der Waals surface area contributed by atoms with Crippen LogP contribution < -0.4 is 20.9 Å². The zero-order valence-corrected chi connectivity index (χ0v) is 23.7. The van der Waals surface area contributed by atoms with Gasteiger partial charge >= 0.3 is 12.0 Å². The van der Waals surface area contributed by atoms with E-state index in [2.05, 4.69) is 32.0 Å². The van der Waals surface area contributed by atoms with Crippen molar-refractivity contribution in [3.8, 4) is 17.3 Å². The van der Waals surface area contributed by atoms with Gasteiger partial charge in [-0.05, 0) is 56.7 Å². The van der Waals surface area contributed by atoms with Crippen LogP contribution in [0.4, 0.5) is 10.5 Å². The second kappa shape index (κ2) is 11.6. The van der Waals surface area contributed by atoms with Crippen molar-refractivity contribution in [1.82, 2.24) is 25.9 Å². The van der Waals surface area contributed by atoms with E-state index in [1.54, 1.807) is 36.1 Å². The van der Waals surface area contributed by atoms with E-state index in [9.17, 15) is 20.0 Å². The number of rotatable bonds is 8. The van der Waals surface area contributed by atoms with Gasteiger partial charge in [-0.15, -0.1) is 11.3 Å². The van der Waals surface area contributed by atoms with E-state index >= 15 is 0 Å². The lowest BCUT2D eigenvalue weighted by molar-refractivity contribution is -0.158. The lowest BCUT2D eigenvalue weighted by atomic mass is 9.64. The van der Waals surface area contributed by atoms with Gasteiger partial charge in [-0.2, -0.15) is 5.26 Å². The third-order valence-electron chi connectivity index (χ3n) is 7.83. The van der Waals surface area contributed by atoms with Gasteiger partial charge in [0.1, 0.15) is 0 Å². The van der Waals surface area contributed by atoms with Crippen molar-refractivity contribution < 1.29 is 14.7 Å². The molecule has 3 unspecified atom stereocenters. The summed E-state index contributed by atoms with van der Waals surface area (Å²) in [5, 5.41) is 29.4. The number of allylic oxidation sites excluding steroid dienone is 1. The van der Waals surface area contributed by atoms with E-state index in [-0.39, 0.29) is 0 Å². The van der Waals surface area contributed by atoms with Gasteiger partial charge < -0.3 is 20.6 Å². The maximum Gasteiger partial charge on any atom is 0.318 e. The molecule has 2 aliphatic heterocycles. The molecule has 4 heterocycles. The number of nitriles is 1. The predicted octanol–water partition coefficient (Wildman–Crippen LogP) is 4.09. The molecule has 2 aromatic heterocycles. The SMILES string of the molecule is CCCC1(C(=O)O)CCNCC1C1(NC(=O)NCC)N=CC=CN1c1cc(-c2cc(C#N)ccn2)c2scnc2c1. The lowest BCUT2D eigenvalue weighted by Gasteiger charge is -2.54. The summed E-state index contributed by atoms with van der Waals surface area (Å²) < 4.78 is 0.897. The second-order valence-corrected chi connectivity index (χ2v) is 11.0. The molecule has 5 rings (SSSR count). The van der Waals surface area contributed by atoms with Crippen molar-refractivity contribution in [3.05, 3.63) is 53.8 Å². The Labute approximate surface area is 242 Å². The average molecular weight is 573 g/mol. The van der Waals surface area contributed by atoms with Crippen LogP contribution in [0, 0.1) is 22.7 Å². The number of pyridine rings is 1. The number of aliphatic carboxylic acids is 1. The van der Waals surface area contributed by atoms with Gasteiger partial charge in [-0.25, -0.2) is 14.8 Å². The molecule has 0 aliphatic carbocycles. The molecule has 0 bridgehead atoms. The zero-order valence-electron chi connectivity index (χ0n) is 22.9. The number of benzene rings is 1. The van der Waals surface area contributed by atoms with Crippen LogP contribution in [-0.2, 0) is 4.79 Å². The Hall–Kier alpha value is -4.34. The molecule has 2 amide bonds. The Morgan fingerprint density at radius 1 is 1.29 bits per heavy atom. The van der Waals surface area contributed by atoms with E-state index in [1.165, 1.54) is 11.3 Å². The number of carboxylic acid groups (broad SMARTS) is 1. The molecule has 2 aliphatic rings. The quantitative estimate of drug-likeness (QED) is 0.315. The minimum absolute atomic E-state index is 0.331. The second-order valence-electron chi connectivity index (χ2n) is 10.2. The number of nitrogens with zero attached hydrogens (tertiary/aromatic N) is 5. The fourth-order valence-electron chi connectivity index (χ4n) is 6.04. The third kappa shape index (κ3) is 5.03. The monoisotopic (exact) mass is 572 g/mol. The van der Waals surface area contributed by atoms with Crippen LogP contribution in [0.15, 0.2) is 53.2 Å². The van der Waals surface area contributed by atoms with Crippen LogP contribution in [0.25, 0.3) is 21.5 Å². The van der Waals surface area contributed by atoms with Gasteiger partial charge in [0, 0.05) is 43.0 Å². The van der Waals surface area contributed by atoms with E-state index in [4.69, 9.17) is 4.99 Å². The molecule has 4 N–H and O–H groups in total. The van der Waals surface area contributed by atoms with Crippen molar-refractivity contribution in [1.29, 1.82) is 5.26 Å². The number of aliphatic imine (C=N–C) groups is 1. The molecule has 3 aromatic rings. The van der Waals surface area contributed by atoms with Crippen LogP contribution in [0.1, 0.15) is 38.7 Å². The maximum atomic E-state index is 13.2. The van der Waals surface area contributed by atoms with Crippen molar-refractivity contribution in [2.75, 3.05) is 24.5 Å². The number of nitrogens with one attached hydrogen (secondary N) is 3. The summed E-state index contributed by atoms with van der Waals surface area (Å²) in [6.07, 6.45) is 8.26. The molecule has 1 aromatic carbocycles. The minimum atomic E-state index is -1.47. The molecule has 41 heavy (non-hydrogen) atoms. The first-order valence-corrected chi connectivity index (χ1v) is 14.5. The number of fused-ring (bicyclic) bond motifs is 1. The number of thiazole rings is 1. The fourth-order valence-corrected chi connectivity index (χ4v) is 6.84. The molecule has 1 fully saturated rings. The standard InChI is InChI=1S/C29H32N8O3S/c1-3-7-28(26(38)39)8-11-31-17-24(28)29(36-27(40)32-4-2)35-9-5-12-37(29)20-14-21(25-23(15-20)34-18-41-25)22-13-19(16-30)6-10-33-22/h5-6,9-10,12-15,18,24,31H,3-4,7-8,11,17H2,1-2H3,(H,38,39)(H2,32,36,40). The first kappa shape index (κ1) is 28.2. The highest BCUT2D eigenvalue weighted by atomic mass is 32.1. The Morgan fingerprint density at radius 3 is 2.90 bits per heavy atom. The highest BCUT2D eigenvalue weighted by Crippen LogP contribution is 2.48. The first-order chi connectivity index (χ1) is 19.9. The minimum Gasteiger partial charge on any atom is -0.481 e. The number of carbonyl (C=O) groups is 2. The van der Waals surface area contributed by atoms with Crippen LogP contribution in [0.5, 0.6) is 0 Å². The summed E-state index contributed by atoms with van der Waals surface area (Å²) >= 11 is 1.47.